The smallest absolute Gasteiger partial charge is 0.229 e. The molecule has 0 radical (unpaired) electrons. The van der Waals surface area contributed by atoms with Gasteiger partial charge in [-0.25, -0.2) is 10.1 Å². The molecule has 0 fully saturated rings. The van der Waals surface area contributed by atoms with E-state index in [-0.39, 0.29) is 5.41 Å². The molecule has 0 aliphatic rings. The van der Waals surface area contributed by atoms with Gasteiger partial charge in [0, 0.05) is 11.6 Å². The van der Waals surface area contributed by atoms with Crippen molar-refractivity contribution in [1.29, 1.82) is 0 Å². The molecule has 2 aromatic heterocycles. The normalized spacial score (nSPS) is 12.6. The number of aromatic nitrogens is 4. The predicted octanol–water partition coefficient (Wildman–Crippen LogP) is 1.66. The highest BCUT2D eigenvalue weighted by Crippen LogP contribution is 2.21. The van der Waals surface area contributed by atoms with Crippen molar-refractivity contribution < 1.29 is 0 Å². The van der Waals surface area contributed by atoms with Crippen LogP contribution in [0.5, 0.6) is 0 Å². The second-order valence-electron chi connectivity index (χ2n) is 4.34. The van der Waals surface area contributed by atoms with Crippen LogP contribution in [0, 0.1) is 6.92 Å². The molecule has 2 aromatic rings. The third-order valence-electron chi connectivity index (χ3n) is 2.14. The van der Waals surface area contributed by atoms with Crippen LogP contribution >= 0.6 is 0 Å². The molecule has 0 atom stereocenters. The zero-order chi connectivity index (χ0) is 9.64. The van der Waals surface area contributed by atoms with E-state index in [2.05, 4.69) is 36.0 Å². The fourth-order valence-corrected chi connectivity index (χ4v) is 1.25. The standard InChI is InChI=1S/C9H14N4/c1-6-11-12-8-10-7(5-13(6)8)9(2,3)4/h5H,1-4H3,(H,10,12). The van der Waals surface area contributed by atoms with Crippen molar-refractivity contribution in [1.82, 2.24) is 19.6 Å². The molecule has 0 bridgehead atoms. The van der Waals surface area contributed by atoms with Crippen molar-refractivity contribution in [2.45, 2.75) is 33.1 Å². The van der Waals surface area contributed by atoms with Gasteiger partial charge < -0.3 is 0 Å². The van der Waals surface area contributed by atoms with Crippen LogP contribution in [-0.2, 0) is 5.41 Å². The van der Waals surface area contributed by atoms with Gasteiger partial charge in [-0.15, -0.1) is 0 Å². The molecule has 0 aromatic carbocycles. The zero-order valence-corrected chi connectivity index (χ0v) is 8.42. The lowest BCUT2D eigenvalue weighted by molar-refractivity contribution is 0.572. The molecule has 1 N–H and O–H groups in total. The Hall–Kier alpha value is -1.32. The molecular formula is C9H14N4. The topological polar surface area (TPSA) is 46.0 Å². The van der Waals surface area contributed by atoms with E-state index in [1.807, 2.05) is 17.5 Å². The van der Waals surface area contributed by atoms with E-state index in [1.165, 1.54) is 0 Å². The first-order chi connectivity index (χ1) is 5.98. The van der Waals surface area contributed by atoms with Gasteiger partial charge in [-0.3, -0.25) is 4.40 Å². The van der Waals surface area contributed by atoms with E-state index < -0.39 is 0 Å². The van der Waals surface area contributed by atoms with Gasteiger partial charge in [0.15, 0.2) is 0 Å². The van der Waals surface area contributed by atoms with E-state index in [9.17, 15) is 0 Å². The van der Waals surface area contributed by atoms with Crippen molar-refractivity contribution >= 4 is 5.78 Å². The summed E-state index contributed by atoms with van der Waals surface area (Å²) in [5, 5.41) is 6.94. The van der Waals surface area contributed by atoms with Gasteiger partial charge in [0.25, 0.3) is 0 Å². The number of H-pyrrole nitrogens is 1. The molecule has 0 amide bonds. The molecule has 70 valence electrons. The van der Waals surface area contributed by atoms with Crippen molar-refractivity contribution in [2.75, 3.05) is 0 Å². The van der Waals surface area contributed by atoms with E-state index in [4.69, 9.17) is 0 Å². The minimum Gasteiger partial charge on any atom is -0.271 e. The molecule has 13 heavy (non-hydrogen) atoms. The highest BCUT2D eigenvalue weighted by Gasteiger charge is 2.18. The van der Waals surface area contributed by atoms with Gasteiger partial charge in [-0.1, -0.05) is 20.8 Å². The monoisotopic (exact) mass is 178 g/mol. The Morgan fingerprint density at radius 1 is 1.38 bits per heavy atom. The van der Waals surface area contributed by atoms with Crippen molar-refractivity contribution in [2.24, 2.45) is 0 Å². The maximum atomic E-state index is 4.45. The average Bonchev–Trinajstić information content (AvgIpc) is 2.51. The van der Waals surface area contributed by atoms with Gasteiger partial charge in [0.1, 0.15) is 5.82 Å². The molecule has 4 nitrogen and oxygen atoms in total. The summed E-state index contributed by atoms with van der Waals surface area (Å²) in [7, 11) is 0. The van der Waals surface area contributed by atoms with Gasteiger partial charge in [-0.05, 0) is 6.92 Å². The second-order valence-corrected chi connectivity index (χ2v) is 4.34. The summed E-state index contributed by atoms with van der Waals surface area (Å²) >= 11 is 0. The first-order valence-corrected chi connectivity index (χ1v) is 4.39. The van der Waals surface area contributed by atoms with Crippen molar-refractivity contribution in [3.05, 3.63) is 17.7 Å². The molecule has 0 aliphatic heterocycles. The minimum absolute atomic E-state index is 0.0965. The van der Waals surface area contributed by atoms with E-state index in [1.54, 1.807) is 0 Å². The third-order valence-corrected chi connectivity index (χ3v) is 2.14. The van der Waals surface area contributed by atoms with E-state index in [0.717, 1.165) is 17.3 Å². The van der Waals surface area contributed by atoms with Crippen LogP contribution < -0.4 is 0 Å². The number of nitrogens with one attached hydrogen (secondary N) is 1. The molecule has 0 aliphatic carbocycles. The van der Waals surface area contributed by atoms with Crippen LogP contribution in [0.4, 0.5) is 0 Å². The fourth-order valence-electron chi connectivity index (χ4n) is 1.25. The summed E-state index contributed by atoms with van der Waals surface area (Å²) < 4.78 is 1.97. The third kappa shape index (κ3) is 1.22. The Labute approximate surface area is 77.0 Å². The zero-order valence-electron chi connectivity index (χ0n) is 8.42. The highest BCUT2D eigenvalue weighted by molar-refractivity contribution is 5.32. The molecule has 4 heteroatoms. The van der Waals surface area contributed by atoms with Gasteiger partial charge in [0.05, 0.1) is 5.69 Å². The van der Waals surface area contributed by atoms with Crippen LogP contribution in [0.25, 0.3) is 5.78 Å². The lowest BCUT2D eigenvalue weighted by Crippen LogP contribution is -2.11. The number of hydrogen-bond acceptors (Lipinski definition) is 2. The number of imidazole rings is 1. The summed E-state index contributed by atoms with van der Waals surface area (Å²) in [5.41, 5.74) is 1.18. The quantitative estimate of drug-likeness (QED) is 0.667. The van der Waals surface area contributed by atoms with E-state index >= 15 is 0 Å². The average molecular weight is 178 g/mol. The molecule has 0 unspecified atom stereocenters. The van der Waals surface area contributed by atoms with Crippen molar-refractivity contribution in [3.8, 4) is 0 Å². The largest absolute Gasteiger partial charge is 0.271 e. The number of aromatic amines is 1. The van der Waals surface area contributed by atoms with Crippen LogP contribution in [0.3, 0.4) is 0 Å². The number of aryl methyl sites for hydroxylation is 1. The summed E-state index contributed by atoms with van der Waals surface area (Å²) in [5.74, 6) is 1.76. The number of fused-ring (bicyclic) bond motifs is 1. The lowest BCUT2D eigenvalue weighted by Gasteiger charge is -2.13. The van der Waals surface area contributed by atoms with Gasteiger partial charge in [-0.2, -0.15) is 5.10 Å². The van der Waals surface area contributed by atoms with Crippen LogP contribution in [0.15, 0.2) is 6.20 Å². The molecule has 0 spiro atoms. The van der Waals surface area contributed by atoms with Gasteiger partial charge in [0.2, 0.25) is 5.78 Å². The highest BCUT2D eigenvalue weighted by atomic mass is 15.3. The van der Waals surface area contributed by atoms with Gasteiger partial charge >= 0.3 is 0 Å². The molecule has 0 saturated carbocycles. The summed E-state index contributed by atoms with van der Waals surface area (Å²) in [4.78, 5) is 4.45. The van der Waals surface area contributed by atoms with Crippen LogP contribution in [0.1, 0.15) is 32.3 Å². The fraction of sp³-hybridized carbons (Fsp3) is 0.556. The number of rotatable bonds is 0. The SMILES string of the molecule is Cc1n[nH]c2nc(C(C)(C)C)cn12. The molecule has 0 saturated heterocycles. The Kier molecular flexibility index (Phi) is 1.49. The first-order valence-electron chi connectivity index (χ1n) is 4.39. The van der Waals surface area contributed by atoms with Crippen LogP contribution in [0.2, 0.25) is 0 Å². The van der Waals surface area contributed by atoms with Crippen molar-refractivity contribution in [3.63, 3.8) is 0 Å². The minimum atomic E-state index is 0.0965. The Bertz CT molecular complexity index is 430. The Morgan fingerprint density at radius 3 is 2.62 bits per heavy atom. The number of hydrogen-bond donors (Lipinski definition) is 1. The lowest BCUT2D eigenvalue weighted by atomic mass is 9.93. The predicted molar refractivity (Wildman–Crippen MR) is 50.8 cm³/mol. The summed E-state index contributed by atoms with van der Waals surface area (Å²) in [6, 6.07) is 0. The maximum absolute atomic E-state index is 4.45. The van der Waals surface area contributed by atoms with Crippen LogP contribution in [-0.4, -0.2) is 19.6 Å². The second kappa shape index (κ2) is 2.34. The Morgan fingerprint density at radius 2 is 2.08 bits per heavy atom. The summed E-state index contributed by atoms with van der Waals surface area (Å²) in [6.07, 6.45) is 2.04. The molecular weight excluding hydrogens is 164 g/mol. The maximum Gasteiger partial charge on any atom is 0.229 e. The molecule has 2 rings (SSSR count). The number of nitrogens with zero attached hydrogens (tertiary/aromatic N) is 3. The first kappa shape index (κ1) is 8.29. The van der Waals surface area contributed by atoms with E-state index in [0.29, 0.717) is 0 Å². The Balaban J connectivity index is 2.63. The molecule has 2 heterocycles. The summed E-state index contributed by atoms with van der Waals surface area (Å²) in [6.45, 7) is 8.41.